The van der Waals surface area contributed by atoms with Crippen LogP contribution in [0.3, 0.4) is 0 Å². The minimum Gasteiger partial charge on any atom is -0.358 e. The number of benzene rings is 1. The molecule has 22 heavy (non-hydrogen) atoms. The molecule has 1 rings (SSSR count). The average molecular weight is 312 g/mol. The summed E-state index contributed by atoms with van der Waals surface area (Å²) in [5, 5.41) is 5.36. The first-order valence-electron chi connectivity index (χ1n) is 7.22. The summed E-state index contributed by atoms with van der Waals surface area (Å²) in [6.45, 7) is 4.74. The van der Waals surface area contributed by atoms with Crippen LogP contribution in [-0.2, 0) is 16.0 Å². The quantitative estimate of drug-likeness (QED) is 0.687. The van der Waals surface area contributed by atoms with Gasteiger partial charge in [0.05, 0.1) is 0 Å². The number of nitrogens with one attached hydrogen (secondary N) is 2. The van der Waals surface area contributed by atoms with Crippen molar-refractivity contribution in [2.24, 2.45) is 5.41 Å². The first kappa shape index (κ1) is 18.1. The zero-order valence-electron chi connectivity index (χ0n) is 12.9. The minimum absolute atomic E-state index is 0.143. The van der Waals surface area contributed by atoms with Crippen LogP contribution in [0.15, 0.2) is 18.2 Å². The molecule has 0 fully saturated rings. The van der Waals surface area contributed by atoms with Crippen LogP contribution in [0.4, 0.5) is 8.78 Å². The van der Waals surface area contributed by atoms with Crippen LogP contribution in [0.5, 0.6) is 0 Å². The van der Waals surface area contributed by atoms with Crippen molar-refractivity contribution in [3.63, 3.8) is 0 Å². The van der Waals surface area contributed by atoms with E-state index in [1.54, 1.807) is 0 Å². The maximum absolute atomic E-state index is 13.4. The van der Waals surface area contributed by atoms with Crippen LogP contribution in [0.2, 0.25) is 0 Å². The van der Waals surface area contributed by atoms with E-state index in [-0.39, 0.29) is 23.3 Å². The van der Waals surface area contributed by atoms with E-state index >= 15 is 0 Å². The summed E-state index contributed by atoms with van der Waals surface area (Å²) in [5.74, 6) is -1.08. The van der Waals surface area contributed by atoms with Gasteiger partial charge in [-0.15, -0.1) is 0 Å². The zero-order valence-corrected chi connectivity index (χ0v) is 12.9. The van der Waals surface area contributed by atoms with E-state index < -0.39 is 11.6 Å². The summed E-state index contributed by atoms with van der Waals surface area (Å²) in [5.41, 5.74) is 0.0360. The minimum atomic E-state index is -0.481. The molecule has 0 bridgehead atoms. The summed E-state index contributed by atoms with van der Waals surface area (Å²) in [6, 6.07) is 3.32. The lowest BCUT2D eigenvalue weighted by Gasteiger charge is -2.24. The molecule has 2 N–H and O–H groups in total. The molecule has 0 heterocycles. The molecular weight excluding hydrogens is 290 g/mol. The highest BCUT2D eigenvalue weighted by Gasteiger charge is 2.18. The van der Waals surface area contributed by atoms with E-state index in [1.165, 1.54) is 0 Å². The molecule has 0 atom stereocenters. The van der Waals surface area contributed by atoms with E-state index in [0.29, 0.717) is 32.3 Å². The monoisotopic (exact) mass is 312 g/mol. The Morgan fingerprint density at radius 1 is 1.27 bits per heavy atom. The first-order chi connectivity index (χ1) is 10.3. The normalized spacial score (nSPS) is 11.1. The van der Waals surface area contributed by atoms with E-state index in [9.17, 15) is 18.4 Å². The molecule has 0 unspecified atom stereocenters. The Kier molecular flexibility index (Phi) is 6.95. The maximum atomic E-state index is 13.4. The molecule has 4 nitrogen and oxygen atoms in total. The second kappa shape index (κ2) is 8.46. The molecule has 1 aromatic carbocycles. The SMILES string of the molecule is CC(C)(CNC=O)CNC(=O)CCCc1cc(F)ccc1F. The second-order valence-corrected chi connectivity index (χ2v) is 6.03. The third kappa shape index (κ3) is 6.65. The van der Waals surface area contributed by atoms with Crippen LogP contribution in [0, 0.1) is 17.0 Å². The van der Waals surface area contributed by atoms with Gasteiger partial charge in [-0.1, -0.05) is 13.8 Å². The molecule has 0 radical (unpaired) electrons. The second-order valence-electron chi connectivity index (χ2n) is 6.03. The lowest BCUT2D eigenvalue weighted by Crippen LogP contribution is -2.40. The van der Waals surface area contributed by atoms with E-state index in [2.05, 4.69) is 10.6 Å². The summed E-state index contributed by atoms with van der Waals surface area (Å²) in [7, 11) is 0. The molecule has 122 valence electrons. The molecule has 0 saturated carbocycles. The third-order valence-corrected chi connectivity index (χ3v) is 3.29. The van der Waals surface area contributed by atoms with Gasteiger partial charge in [-0.2, -0.15) is 0 Å². The summed E-state index contributed by atoms with van der Waals surface area (Å²) in [4.78, 5) is 22.0. The highest BCUT2D eigenvalue weighted by Crippen LogP contribution is 2.13. The maximum Gasteiger partial charge on any atom is 0.220 e. The highest BCUT2D eigenvalue weighted by molar-refractivity contribution is 5.75. The van der Waals surface area contributed by atoms with Crippen LogP contribution < -0.4 is 10.6 Å². The number of carbonyl (C=O) groups is 2. The van der Waals surface area contributed by atoms with E-state index in [0.717, 1.165) is 18.2 Å². The lowest BCUT2D eigenvalue weighted by atomic mass is 9.93. The molecular formula is C16H22F2N2O2. The fourth-order valence-corrected chi connectivity index (χ4v) is 1.98. The van der Waals surface area contributed by atoms with Gasteiger partial charge >= 0.3 is 0 Å². The highest BCUT2D eigenvalue weighted by atomic mass is 19.1. The van der Waals surface area contributed by atoms with Crippen molar-refractivity contribution in [2.75, 3.05) is 13.1 Å². The van der Waals surface area contributed by atoms with E-state index in [4.69, 9.17) is 0 Å². The Hall–Kier alpha value is -1.98. The van der Waals surface area contributed by atoms with Gasteiger partial charge in [-0.25, -0.2) is 8.78 Å². The van der Waals surface area contributed by atoms with Crippen LogP contribution in [-0.4, -0.2) is 25.4 Å². The van der Waals surface area contributed by atoms with Crippen LogP contribution in [0.25, 0.3) is 0 Å². The van der Waals surface area contributed by atoms with Crippen molar-refractivity contribution in [1.29, 1.82) is 0 Å². The molecule has 2 amide bonds. The molecule has 0 aliphatic rings. The topological polar surface area (TPSA) is 58.2 Å². The molecule has 1 aromatic rings. The fourth-order valence-electron chi connectivity index (χ4n) is 1.98. The predicted molar refractivity (Wildman–Crippen MR) is 80.2 cm³/mol. The van der Waals surface area contributed by atoms with Crippen LogP contribution >= 0.6 is 0 Å². The predicted octanol–water partition coefficient (Wildman–Crippen LogP) is 2.18. The molecule has 6 heteroatoms. The Bertz CT molecular complexity index is 519. The number of halogens is 2. The molecule has 0 saturated heterocycles. The average Bonchev–Trinajstić information content (AvgIpc) is 2.47. The van der Waals surface area contributed by atoms with Crippen molar-refractivity contribution in [2.45, 2.75) is 33.1 Å². The van der Waals surface area contributed by atoms with Gasteiger partial charge in [0.2, 0.25) is 12.3 Å². The van der Waals surface area contributed by atoms with Crippen molar-refractivity contribution < 1.29 is 18.4 Å². The van der Waals surface area contributed by atoms with Gasteiger partial charge in [-0.3, -0.25) is 9.59 Å². The molecule has 0 aliphatic heterocycles. The van der Waals surface area contributed by atoms with Gasteiger partial charge in [0.25, 0.3) is 0 Å². The number of rotatable bonds is 9. The summed E-state index contributed by atoms with van der Waals surface area (Å²) < 4.78 is 26.4. The number of aryl methyl sites for hydroxylation is 1. The van der Waals surface area contributed by atoms with Crippen molar-refractivity contribution in [3.8, 4) is 0 Å². The summed E-state index contributed by atoms with van der Waals surface area (Å²) >= 11 is 0. The smallest absolute Gasteiger partial charge is 0.220 e. The molecule has 0 aliphatic carbocycles. The number of amides is 2. The van der Waals surface area contributed by atoms with Crippen LogP contribution in [0.1, 0.15) is 32.3 Å². The van der Waals surface area contributed by atoms with Gasteiger partial charge in [0.1, 0.15) is 11.6 Å². The Morgan fingerprint density at radius 3 is 2.68 bits per heavy atom. The number of hydrogen-bond acceptors (Lipinski definition) is 2. The Morgan fingerprint density at radius 2 is 2.00 bits per heavy atom. The number of hydrogen-bond donors (Lipinski definition) is 2. The van der Waals surface area contributed by atoms with Gasteiger partial charge in [-0.05, 0) is 42.0 Å². The Labute approximate surface area is 129 Å². The van der Waals surface area contributed by atoms with Crippen molar-refractivity contribution in [1.82, 2.24) is 10.6 Å². The standard InChI is InChI=1S/C16H22F2N2O2/c1-16(2,9-19-11-21)10-20-15(22)5-3-4-12-8-13(17)6-7-14(12)18/h6-8,11H,3-5,9-10H2,1-2H3,(H,19,21)(H,20,22). The first-order valence-corrected chi connectivity index (χ1v) is 7.22. The molecule has 0 spiro atoms. The lowest BCUT2D eigenvalue weighted by molar-refractivity contribution is -0.121. The summed E-state index contributed by atoms with van der Waals surface area (Å²) in [6.07, 6.45) is 1.62. The molecule has 0 aromatic heterocycles. The number of carbonyl (C=O) groups excluding carboxylic acids is 2. The van der Waals surface area contributed by atoms with Crippen molar-refractivity contribution >= 4 is 12.3 Å². The zero-order chi connectivity index (χ0) is 16.6. The van der Waals surface area contributed by atoms with Gasteiger partial charge in [0, 0.05) is 19.5 Å². The van der Waals surface area contributed by atoms with E-state index in [1.807, 2.05) is 13.8 Å². The third-order valence-electron chi connectivity index (χ3n) is 3.29. The van der Waals surface area contributed by atoms with Gasteiger partial charge in [0.15, 0.2) is 0 Å². The largest absolute Gasteiger partial charge is 0.358 e. The van der Waals surface area contributed by atoms with Crippen molar-refractivity contribution in [3.05, 3.63) is 35.4 Å². The Balaban J connectivity index is 2.31. The van der Waals surface area contributed by atoms with Gasteiger partial charge < -0.3 is 10.6 Å². The fraction of sp³-hybridized carbons (Fsp3) is 0.500.